The zero-order valence-electron chi connectivity index (χ0n) is 14.8. The maximum atomic E-state index is 12.6. The lowest BCUT2D eigenvalue weighted by molar-refractivity contribution is -0.115. The molecule has 26 heavy (non-hydrogen) atoms. The molecule has 2 aromatic carbocycles. The molecule has 0 aliphatic heterocycles. The summed E-state index contributed by atoms with van der Waals surface area (Å²) in [4.78, 5) is 13.6. The van der Waals surface area contributed by atoms with Gasteiger partial charge in [-0.15, -0.1) is 11.8 Å². The number of carbonyl (C=O) groups excluding carboxylic acids is 1. The van der Waals surface area contributed by atoms with Crippen LogP contribution in [0.3, 0.4) is 0 Å². The Morgan fingerprint density at radius 1 is 1.23 bits per heavy atom. The van der Waals surface area contributed by atoms with Gasteiger partial charge in [0.2, 0.25) is 15.9 Å². The highest BCUT2D eigenvalue weighted by Gasteiger charge is 2.19. The molecule has 0 saturated carbocycles. The summed E-state index contributed by atoms with van der Waals surface area (Å²) < 4.78 is 24.5. The summed E-state index contributed by atoms with van der Waals surface area (Å²) in [5.41, 5.74) is 1.04. The van der Waals surface area contributed by atoms with Crippen molar-refractivity contribution in [2.45, 2.75) is 23.5 Å². The molecule has 0 bridgehead atoms. The van der Waals surface area contributed by atoms with Crippen molar-refractivity contribution in [2.24, 2.45) is 0 Å². The fraction of sp³-hybridized carbons (Fsp3) is 0.278. The topological polar surface area (TPSA) is 66.5 Å². The van der Waals surface area contributed by atoms with E-state index in [0.29, 0.717) is 22.8 Å². The number of halogens is 1. The highest BCUT2D eigenvalue weighted by molar-refractivity contribution is 8.00. The van der Waals surface area contributed by atoms with E-state index < -0.39 is 10.0 Å². The van der Waals surface area contributed by atoms with Gasteiger partial charge >= 0.3 is 0 Å². The lowest BCUT2D eigenvalue weighted by Crippen LogP contribution is -2.26. The summed E-state index contributed by atoms with van der Waals surface area (Å²) in [6, 6.07) is 14.1. The van der Waals surface area contributed by atoms with Gasteiger partial charge in [0.15, 0.2) is 0 Å². The van der Waals surface area contributed by atoms with Crippen LogP contribution in [0, 0.1) is 0 Å². The van der Waals surface area contributed by atoms with Crippen LogP contribution in [-0.4, -0.2) is 32.9 Å². The van der Waals surface area contributed by atoms with E-state index in [1.54, 1.807) is 36.4 Å². The summed E-state index contributed by atoms with van der Waals surface area (Å²) in [5, 5.41) is 3.24. The second kappa shape index (κ2) is 8.79. The van der Waals surface area contributed by atoms with Crippen LogP contribution in [-0.2, 0) is 14.8 Å². The molecule has 0 aliphatic carbocycles. The average molecular weight is 413 g/mol. The monoisotopic (exact) mass is 412 g/mol. The molecule has 0 unspecified atom stereocenters. The number of amides is 1. The molecule has 1 atom stereocenters. The summed E-state index contributed by atoms with van der Waals surface area (Å²) in [7, 11) is -1.89. The first kappa shape index (κ1) is 20.6. The third-order valence-electron chi connectivity index (χ3n) is 3.73. The molecule has 0 heterocycles. The molecule has 0 aliphatic rings. The molecule has 0 aromatic heterocycles. The summed E-state index contributed by atoms with van der Waals surface area (Å²) in [5.74, 6) is -0.133. The van der Waals surface area contributed by atoms with E-state index in [-0.39, 0.29) is 11.2 Å². The fourth-order valence-electron chi connectivity index (χ4n) is 2.19. The van der Waals surface area contributed by atoms with E-state index in [0.717, 1.165) is 11.2 Å². The lowest BCUT2D eigenvalue weighted by Gasteiger charge is -2.19. The van der Waals surface area contributed by atoms with Gasteiger partial charge in [-0.05, 0) is 48.9 Å². The molecule has 8 heteroatoms. The van der Waals surface area contributed by atoms with E-state index >= 15 is 0 Å². The van der Waals surface area contributed by atoms with Crippen molar-refractivity contribution < 1.29 is 13.2 Å². The molecule has 2 aromatic rings. The van der Waals surface area contributed by atoms with Crippen molar-refractivity contribution in [3.05, 3.63) is 53.6 Å². The van der Waals surface area contributed by atoms with Gasteiger partial charge < -0.3 is 5.32 Å². The Hall–Kier alpha value is -1.70. The second-order valence-electron chi connectivity index (χ2n) is 5.74. The number of carbonyl (C=O) groups is 1. The molecule has 0 saturated heterocycles. The number of hydrogen-bond donors (Lipinski definition) is 1. The Bertz CT molecular complexity index is 870. The highest BCUT2D eigenvalue weighted by atomic mass is 35.5. The third-order valence-corrected chi connectivity index (χ3v) is 6.56. The number of anilines is 2. The van der Waals surface area contributed by atoms with Gasteiger partial charge in [0.1, 0.15) is 0 Å². The molecule has 1 N–H and O–H groups in total. The van der Waals surface area contributed by atoms with Crippen LogP contribution in [0.4, 0.5) is 11.4 Å². The zero-order chi connectivity index (χ0) is 19.3. The Labute approximate surface area is 163 Å². The molecule has 1 amide bonds. The molecule has 0 radical (unpaired) electrons. The van der Waals surface area contributed by atoms with Crippen LogP contribution in [0.5, 0.6) is 0 Å². The van der Waals surface area contributed by atoms with Crippen LogP contribution in [0.2, 0.25) is 5.02 Å². The van der Waals surface area contributed by atoms with Crippen molar-refractivity contribution in [2.75, 3.05) is 22.9 Å². The standard InChI is InChI=1S/C18H21ClN2O3S2/c1-4-17(25-16-10-8-13(19)9-11-16)18(22)20-14-6-5-7-15(12-14)21(2)26(3,23)24/h5-12,17H,4H2,1-3H3,(H,20,22)/t17-/m1/s1. The van der Waals surface area contributed by atoms with Gasteiger partial charge in [-0.2, -0.15) is 0 Å². The van der Waals surface area contributed by atoms with E-state index in [9.17, 15) is 13.2 Å². The first-order chi connectivity index (χ1) is 12.2. The highest BCUT2D eigenvalue weighted by Crippen LogP contribution is 2.28. The number of hydrogen-bond acceptors (Lipinski definition) is 4. The first-order valence-electron chi connectivity index (χ1n) is 7.97. The minimum Gasteiger partial charge on any atom is -0.325 e. The lowest BCUT2D eigenvalue weighted by atomic mass is 10.2. The van der Waals surface area contributed by atoms with Gasteiger partial charge in [-0.1, -0.05) is 24.6 Å². The quantitative estimate of drug-likeness (QED) is 0.690. The Balaban J connectivity index is 2.11. The molecule has 140 valence electrons. The minimum atomic E-state index is -3.36. The van der Waals surface area contributed by atoms with Gasteiger partial charge in [0.25, 0.3) is 0 Å². The minimum absolute atomic E-state index is 0.133. The smallest absolute Gasteiger partial charge is 0.237 e. The molecule has 2 rings (SSSR count). The molecular formula is C18H21ClN2O3S2. The van der Waals surface area contributed by atoms with Crippen LogP contribution in [0.1, 0.15) is 13.3 Å². The fourth-order valence-corrected chi connectivity index (χ4v) is 3.77. The van der Waals surface area contributed by atoms with Gasteiger partial charge in [0, 0.05) is 22.7 Å². The van der Waals surface area contributed by atoms with Crippen LogP contribution < -0.4 is 9.62 Å². The van der Waals surface area contributed by atoms with E-state index in [1.165, 1.54) is 23.1 Å². The number of nitrogens with one attached hydrogen (secondary N) is 1. The predicted molar refractivity (Wildman–Crippen MR) is 110 cm³/mol. The summed E-state index contributed by atoms with van der Waals surface area (Å²) in [6.07, 6.45) is 1.79. The van der Waals surface area contributed by atoms with Crippen molar-refractivity contribution in [1.82, 2.24) is 0 Å². The zero-order valence-corrected chi connectivity index (χ0v) is 17.2. The number of thioether (sulfide) groups is 1. The maximum absolute atomic E-state index is 12.6. The average Bonchev–Trinajstić information content (AvgIpc) is 2.60. The van der Waals surface area contributed by atoms with Crippen molar-refractivity contribution in [1.29, 1.82) is 0 Å². The van der Waals surface area contributed by atoms with E-state index in [1.807, 2.05) is 19.1 Å². The molecular weight excluding hydrogens is 392 g/mol. The number of sulfonamides is 1. The molecule has 0 fully saturated rings. The van der Waals surface area contributed by atoms with Gasteiger partial charge in [0.05, 0.1) is 17.2 Å². The van der Waals surface area contributed by atoms with E-state index in [4.69, 9.17) is 11.6 Å². The van der Waals surface area contributed by atoms with Gasteiger partial charge in [-0.3, -0.25) is 9.10 Å². The second-order valence-corrected chi connectivity index (χ2v) is 9.47. The Morgan fingerprint density at radius 2 is 1.88 bits per heavy atom. The molecule has 0 spiro atoms. The van der Waals surface area contributed by atoms with Crippen molar-refractivity contribution >= 4 is 50.7 Å². The van der Waals surface area contributed by atoms with Crippen LogP contribution in [0.25, 0.3) is 0 Å². The number of rotatable bonds is 7. The Kier molecular flexibility index (Phi) is 6.97. The summed E-state index contributed by atoms with van der Waals surface area (Å²) >= 11 is 7.35. The largest absolute Gasteiger partial charge is 0.325 e. The Morgan fingerprint density at radius 3 is 2.46 bits per heavy atom. The van der Waals surface area contributed by atoms with E-state index in [2.05, 4.69) is 5.32 Å². The SMILES string of the molecule is CC[C@@H](Sc1ccc(Cl)cc1)C(=O)Nc1cccc(N(C)S(C)(=O)=O)c1. The summed E-state index contributed by atoms with van der Waals surface area (Å²) in [6.45, 7) is 1.95. The van der Waals surface area contributed by atoms with Crippen LogP contribution >= 0.6 is 23.4 Å². The normalized spacial score (nSPS) is 12.5. The maximum Gasteiger partial charge on any atom is 0.237 e. The predicted octanol–water partition coefficient (Wildman–Crippen LogP) is 4.25. The first-order valence-corrected chi connectivity index (χ1v) is 11.1. The third kappa shape index (κ3) is 5.65. The number of nitrogens with zero attached hydrogens (tertiary/aromatic N) is 1. The van der Waals surface area contributed by atoms with Crippen molar-refractivity contribution in [3.8, 4) is 0 Å². The molecule has 5 nitrogen and oxygen atoms in total. The van der Waals surface area contributed by atoms with Gasteiger partial charge in [-0.25, -0.2) is 8.42 Å². The number of benzene rings is 2. The van der Waals surface area contributed by atoms with Crippen LogP contribution in [0.15, 0.2) is 53.4 Å². The van der Waals surface area contributed by atoms with Crippen molar-refractivity contribution in [3.63, 3.8) is 0 Å².